The van der Waals surface area contributed by atoms with Crippen LogP contribution in [0.5, 0.6) is 0 Å². The molecule has 0 aliphatic carbocycles. The summed E-state index contributed by atoms with van der Waals surface area (Å²) in [5.41, 5.74) is 0. The average molecular weight is 455 g/mol. The van der Waals surface area contributed by atoms with Gasteiger partial charge in [0.1, 0.15) is 0 Å². The normalized spacial score (nSPS) is 27.2. The van der Waals surface area contributed by atoms with E-state index in [9.17, 15) is 29.6 Å². The summed E-state index contributed by atoms with van der Waals surface area (Å²) < 4.78 is 17.2. The lowest BCUT2D eigenvalue weighted by atomic mass is 9.97. The molecule has 1 heterocycles. The average Bonchev–Trinajstić information content (AvgIpc) is 2.94. The molecule has 1 fully saturated rings. The Kier molecular flexibility index (Phi) is 12.6. The van der Waals surface area contributed by atoms with Crippen molar-refractivity contribution >= 4 is 13.5 Å². The predicted octanol–water partition coefficient (Wildman–Crippen LogP) is -0.283. The van der Waals surface area contributed by atoms with E-state index in [1.54, 1.807) is 0 Å². The Hall–Kier alpha value is -0.580. The standard InChI is InChI=1S/C19H39N2O8P/c1-3-6-13(7-4-2)19(26)20-8-5-9-29-30(27,28)12-14(23)10-15-17(24)18(25)16(11-22)21-15/h13-18,21-25H,3-12H2,1-2H3,(H,20,26)(H,27,28)/t14-,15-,16-,17-,18-/m1/s1. The molecule has 0 aromatic rings. The molecule has 178 valence electrons. The van der Waals surface area contributed by atoms with Crippen molar-refractivity contribution in [3.8, 4) is 0 Å². The topological polar surface area (TPSA) is 169 Å². The maximum absolute atomic E-state index is 12.2. The van der Waals surface area contributed by atoms with Gasteiger partial charge < -0.3 is 40.5 Å². The third kappa shape index (κ3) is 9.28. The molecule has 6 atom stereocenters. The molecule has 1 rings (SSSR count). The SMILES string of the molecule is CCCC(CCC)C(=O)NCCCOP(=O)(O)C[C@H](O)C[C@H]1N[C@H](CO)[C@@H](O)[C@@H]1O. The van der Waals surface area contributed by atoms with Gasteiger partial charge in [-0.05, 0) is 25.7 Å². The largest absolute Gasteiger partial charge is 0.395 e. The Morgan fingerprint density at radius 3 is 2.30 bits per heavy atom. The van der Waals surface area contributed by atoms with Crippen LogP contribution < -0.4 is 10.6 Å². The number of nitrogens with one attached hydrogen (secondary N) is 2. The van der Waals surface area contributed by atoms with E-state index >= 15 is 0 Å². The van der Waals surface area contributed by atoms with Gasteiger partial charge in [-0.15, -0.1) is 0 Å². The molecule has 11 heteroatoms. The van der Waals surface area contributed by atoms with Crippen LogP contribution in [0.2, 0.25) is 0 Å². The maximum Gasteiger partial charge on any atom is 0.330 e. The zero-order valence-electron chi connectivity index (χ0n) is 17.9. The fourth-order valence-corrected chi connectivity index (χ4v) is 4.94. The van der Waals surface area contributed by atoms with Crippen molar-refractivity contribution < 1.29 is 39.2 Å². The molecule has 0 spiro atoms. The highest BCUT2D eigenvalue weighted by Gasteiger charge is 2.41. The van der Waals surface area contributed by atoms with Crippen LogP contribution in [-0.2, 0) is 13.9 Å². The van der Waals surface area contributed by atoms with E-state index in [1.165, 1.54) is 0 Å². The van der Waals surface area contributed by atoms with E-state index < -0.39 is 44.2 Å². The number of hydrogen-bond acceptors (Lipinski definition) is 8. The molecule has 1 aliphatic rings. The van der Waals surface area contributed by atoms with Gasteiger partial charge in [0.15, 0.2) is 0 Å². The van der Waals surface area contributed by atoms with E-state index in [-0.39, 0.29) is 31.5 Å². The second-order valence-corrected chi connectivity index (χ2v) is 9.90. The molecule has 30 heavy (non-hydrogen) atoms. The summed E-state index contributed by atoms with van der Waals surface area (Å²) in [6.07, 6.45) is -0.285. The number of amides is 1. The van der Waals surface area contributed by atoms with Crippen molar-refractivity contribution in [1.29, 1.82) is 0 Å². The molecule has 0 aromatic carbocycles. The van der Waals surface area contributed by atoms with Gasteiger partial charge in [-0.3, -0.25) is 9.36 Å². The Morgan fingerprint density at radius 1 is 1.17 bits per heavy atom. The van der Waals surface area contributed by atoms with Gasteiger partial charge in [0, 0.05) is 18.5 Å². The van der Waals surface area contributed by atoms with E-state index in [2.05, 4.69) is 10.6 Å². The predicted molar refractivity (Wildman–Crippen MR) is 112 cm³/mol. The first-order chi connectivity index (χ1) is 14.1. The fraction of sp³-hybridized carbons (Fsp3) is 0.947. The van der Waals surface area contributed by atoms with Crippen LogP contribution >= 0.6 is 7.60 Å². The summed E-state index contributed by atoms with van der Waals surface area (Å²) in [6, 6.07) is -1.42. The molecule has 1 aliphatic heterocycles. The number of carbonyl (C=O) groups excluding carboxylic acids is 1. The molecule has 1 unspecified atom stereocenters. The highest BCUT2D eigenvalue weighted by Crippen LogP contribution is 2.43. The van der Waals surface area contributed by atoms with Crippen LogP contribution in [0.4, 0.5) is 0 Å². The number of carbonyl (C=O) groups is 1. The highest BCUT2D eigenvalue weighted by atomic mass is 31.2. The summed E-state index contributed by atoms with van der Waals surface area (Å²) in [6.45, 7) is 3.99. The molecule has 1 amide bonds. The summed E-state index contributed by atoms with van der Waals surface area (Å²) in [5, 5.41) is 44.5. The summed E-state index contributed by atoms with van der Waals surface area (Å²) in [4.78, 5) is 22.1. The molecule has 0 radical (unpaired) electrons. The van der Waals surface area contributed by atoms with Crippen LogP contribution in [0.25, 0.3) is 0 Å². The second kappa shape index (κ2) is 13.8. The minimum Gasteiger partial charge on any atom is -0.395 e. The van der Waals surface area contributed by atoms with Crippen LogP contribution in [0.1, 0.15) is 52.4 Å². The van der Waals surface area contributed by atoms with E-state index in [1.807, 2.05) is 13.8 Å². The molecule has 0 saturated carbocycles. The smallest absolute Gasteiger partial charge is 0.330 e. The van der Waals surface area contributed by atoms with Gasteiger partial charge in [-0.25, -0.2) is 0 Å². The maximum atomic E-state index is 12.2. The number of rotatable bonds is 15. The van der Waals surface area contributed by atoms with Crippen molar-refractivity contribution in [2.24, 2.45) is 5.92 Å². The molecule has 0 aromatic heterocycles. The lowest BCUT2D eigenvalue weighted by molar-refractivity contribution is -0.125. The second-order valence-electron chi connectivity index (χ2n) is 8.01. The zero-order chi connectivity index (χ0) is 22.7. The van der Waals surface area contributed by atoms with Crippen molar-refractivity contribution in [3.63, 3.8) is 0 Å². The minimum absolute atomic E-state index is 0.00713. The molecular formula is C19H39N2O8P. The molecular weight excluding hydrogens is 415 g/mol. The van der Waals surface area contributed by atoms with Gasteiger partial charge in [0.05, 0.1) is 43.7 Å². The quantitative estimate of drug-likeness (QED) is 0.130. The molecule has 1 saturated heterocycles. The zero-order valence-corrected chi connectivity index (χ0v) is 18.8. The third-order valence-electron chi connectivity index (χ3n) is 5.33. The number of aliphatic hydroxyl groups excluding tert-OH is 4. The lowest BCUT2D eigenvalue weighted by Crippen LogP contribution is -2.38. The van der Waals surface area contributed by atoms with Crippen LogP contribution in [-0.4, -0.2) is 87.5 Å². The Bertz CT molecular complexity index is 547. The summed E-state index contributed by atoms with van der Waals surface area (Å²) in [7, 11) is -4.05. The van der Waals surface area contributed by atoms with Gasteiger partial charge >= 0.3 is 7.60 Å². The monoisotopic (exact) mass is 454 g/mol. The van der Waals surface area contributed by atoms with Crippen molar-refractivity contribution in [2.75, 3.05) is 25.9 Å². The van der Waals surface area contributed by atoms with E-state index in [4.69, 9.17) is 9.63 Å². The van der Waals surface area contributed by atoms with Gasteiger partial charge in [-0.2, -0.15) is 0 Å². The Labute approximate surface area is 178 Å². The summed E-state index contributed by atoms with van der Waals surface area (Å²) >= 11 is 0. The van der Waals surface area contributed by atoms with Crippen molar-refractivity contribution in [1.82, 2.24) is 10.6 Å². The first kappa shape index (κ1) is 27.5. The first-order valence-corrected chi connectivity index (χ1v) is 12.6. The van der Waals surface area contributed by atoms with Crippen molar-refractivity contribution in [3.05, 3.63) is 0 Å². The van der Waals surface area contributed by atoms with Gasteiger partial charge in [-0.1, -0.05) is 26.7 Å². The minimum atomic E-state index is -4.05. The van der Waals surface area contributed by atoms with E-state index in [0.29, 0.717) is 13.0 Å². The third-order valence-corrected chi connectivity index (χ3v) is 6.79. The highest BCUT2D eigenvalue weighted by molar-refractivity contribution is 7.52. The Morgan fingerprint density at radius 2 is 1.77 bits per heavy atom. The van der Waals surface area contributed by atoms with Crippen LogP contribution in [0.15, 0.2) is 0 Å². The lowest BCUT2D eigenvalue weighted by Gasteiger charge is -2.21. The Balaban J connectivity index is 2.30. The molecule has 10 nitrogen and oxygen atoms in total. The number of hydrogen-bond donors (Lipinski definition) is 7. The molecule has 7 N–H and O–H groups in total. The van der Waals surface area contributed by atoms with Gasteiger partial charge in [0.25, 0.3) is 0 Å². The number of aliphatic hydroxyl groups is 4. The fourth-order valence-electron chi connectivity index (χ4n) is 3.74. The van der Waals surface area contributed by atoms with E-state index in [0.717, 1.165) is 25.7 Å². The molecule has 0 bridgehead atoms. The van der Waals surface area contributed by atoms with Crippen LogP contribution in [0.3, 0.4) is 0 Å². The first-order valence-electron chi connectivity index (χ1n) is 10.8. The van der Waals surface area contributed by atoms with Crippen LogP contribution in [0, 0.1) is 5.92 Å². The van der Waals surface area contributed by atoms with Gasteiger partial charge in [0.2, 0.25) is 5.91 Å². The summed E-state index contributed by atoms with van der Waals surface area (Å²) in [5.74, 6) is -0.0178. The van der Waals surface area contributed by atoms with Crippen molar-refractivity contribution in [2.45, 2.75) is 82.8 Å².